The van der Waals surface area contributed by atoms with Crippen LogP contribution < -0.4 is 0 Å². The Kier molecular flexibility index (Phi) is 5.05. The van der Waals surface area contributed by atoms with Crippen LogP contribution in [0.4, 0.5) is 0 Å². The molecule has 0 unspecified atom stereocenters. The summed E-state index contributed by atoms with van der Waals surface area (Å²) >= 11 is 0. The molecule has 0 aromatic heterocycles. The second kappa shape index (κ2) is 6.36. The van der Waals surface area contributed by atoms with Gasteiger partial charge in [0.2, 0.25) is 0 Å². The van der Waals surface area contributed by atoms with Gasteiger partial charge in [-0.15, -0.1) is 0 Å². The molecule has 3 nitrogen and oxygen atoms in total. The van der Waals surface area contributed by atoms with Gasteiger partial charge >= 0.3 is 0 Å². The number of likely N-dealkylation sites (tertiary alicyclic amines) is 1. The maximum atomic E-state index is 6.16. The van der Waals surface area contributed by atoms with Gasteiger partial charge in [-0.25, -0.2) is 0 Å². The van der Waals surface area contributed by atoms with Crippen molar-refractivity contribution in [3.63, 3.8) is 0 Å². The summed E-state index contributed by atoms with van der Waals surface area (Å²) in [7, 11) is 0. The highest BCUT2D eigenvalue weighted by Gasteiger charge is 2.34. The first kappa shape index (κ1) is 14.3. The SMILES string of the molecule is CC(C)O[C@H]1C[C@@H](OC2CCN(C(C)C)CC2)C1. The average Bonchev–Trinajstić information content (AvgIpc) is 2.26. The van der Waals surface area contributed by atoms with E-state index in [9.17, 15) is 0 Å². The molecule has 1 aliphatic carbocycles. The highest BCUT2D eigenvalue weighted by Crippen LogP contribution is 2.30. The minimum atomic E-state index is 0.352. The predicted molar refractivity (Wildman–Crippen MR) is 73.8 cm³/mol. The largest absolute Gasteiger partial charge is 0.375 e. The van der Waals surface area contributed by atoms with Crippen molar-refractivity contribution in [2.45, 2.75) is 83.8 Å². The molecule has 1 aliphatic heterocycles. The molecule has 1 heterocycles. The lowest BCUT2D eigenvalue weighted by Crippen LogP contribution is -2.45. The van der Waals surface area contributed by atoms with Gasteiger partial charge in [-0.1, -0.05) is 0 Å². The van der Waals surface area contributed by atoms with Gasteiger partial charge in [0, 0.05) is 19.1 Å². The fourth-order valence-electron chi connectivity index (χ4n) is 2.92. The van der Waals surface area contributed by atoms with Crippen molar-refractivity contribution in [1.29, 1.82) is 0 Å². The Labute approximate surface area is 112 Å². The summed E-state index contributed by atoms with van der Waals surface area (Å²) in [5.41, 5.74) is 0. The zero-order valence-electron chi connectivity index (χ0n) is 12.4. The number of hydrogen-bond donors (Lipinski definition) is 0. The molecular formula is C15H29NO2. The summed E-state index contributed by atoms with van der Waals surface area (Å²) in [4.78, 5) is 2.55. The highest BCUT2D eigenvalue weighted by molar-refractivity contribution is 4.84. The van der Waals surface area contributed by atoms with Crippen LogP contribution in [0.3, 0.4) is 0 Å². The normalized spacial score (nSPS) is 31.0. The Hall–Kier alpha value is -0.120. The molecule has 2 rings (SSSR count). The van der Waals surface area contributed by atoms with Crippen LogP contribution in [0.5, 0.6) is 0 Å². The van der Waals surface area contributed by atoms with Crippen molar-refractivity contribution in [3.8, 4) is 0 Å². The molecule has 0 N–H and O–H groups in total. The first-order valence-electron chi connectivity index (χ1n) is 7.59. The van der Waals surface area contributed by atoms with Crippen molar-refractivity contribution in [2.75, 3.05) is 13.1 Å². The first-order valence-corrected chi connectivity index (χ1v) is 7.59. The zero-order valence-corrected chi connectivity index (χ0v) is 12.4. The third kappa shape index (κ3) is 3.94. The van der Waals surface area contributed by atoms with Crippen molar-refractivity contribution >= 4 is 0 Å². The molecule has 0 atom stereocenters. The van der Waals surface area contributed by atoms with Crippen LogP contribution in [0, 0.1) is 0 Å². The Bertz CT molecular complexity index is 241. The molecule has 3 heteroatoms. The topological polar surface area (TPSA) is 21.7 Å². The molecule has 2 aliphatic rings. The summed E-state index contributed by atoms with van der Waals surface area (Å²) in [6.45, 7) is 11.2. The third-order valence-electron chi connectivity index (χ3n) is 4.11. The van der Waals surface area contributed by atoms with Crippen LogP contribution in [-0.2, 0) is 9.47 Å². The van der Waals surface area contributed by atoms with Gasteiger partial charge in [0.05, 0.1) is 24.4 Å². The summed E-state index contributed by atoms with van der Waals surface area (Å²) in [6.07, 6.45) is 6.35. The molecule has 18 heavy (non-hydrogen) atoms. The molecule has 1 saturated carbocycles. The van der Waals surface area contributed by atoms with Gasteiger partial charge < -0.3 is 14.4 Å². The van der Waals surface area contributed by atoms with Crippen LogP contribution in [0.25, 0.3) is 0 Å². The van der Waals surface area contributed by atoms with E-state index >= 15 is 0 Å². The molecule has 0 radical (unpaired) electrons. The van der Waals surface area contributed by atoms with Crippen LogP contribution in [-0.4, -0.2) is 48.4 Å². The summed E-state index contributed by atoms with van der Waals surface area (Å²) in [5.74, 6) is 0. The Balaban J connectivity index is 1.59. The fourth-order valence-corrected chi connectivity index (χ4v) is 2.92. The lowest BCUT2D eigenvalue weighted by Gasteiger charge is -2.41. The van der Waals surface area contributed by atoms with E-state index in [4.69, 9.17) is 9.47 Å². The van der Waals surface area contributed by atoms with Crippen LogP contribution in [0.15, 0.2) is 0 Å². The molecule has 1 saturated heterocycles. The van der Waals surface area contributed by atoms with E-state index in [1.54, 1.807) is 0 Å². The Morgan fingerprint density at radius 2 is 1.50 bits per heavy atom. The molecule has 0 aromatic rings. The quantitative estimate of drug-likeness (QED) is 0.754. The first-order chi connectivity index (χ1) is 8.54. The standard InChI is InChI=1S/C15H29NO2/c1-11(2)16-7-5-13(6-8-16)18-15-9-14(10-15)17-12(3)4/h11-15H,5-10H2,1-4H3/t14-,15+. The van der Waals surface area contributed by atoms with Crippen molar-refractivity contribution in [3.05, 3.63) is 0 Å². The molecule has 0 bridgehead atoms. The number of ether oxygens (including phenoxy) is 2. The maximum Gasteiger partial charge on any atom is 0.0628 e. The smallest absolute Gasteiger partial charge is 0.0628 e. The third-order valence-corrected chi connectivity index (χ3v) is 4.11. The summed E-state index contributed by atoms with van der Waals surface area (Å²) in [6, 6.07) is 0.679. The lowest BCUT2D eigenvalue weighted by molar-refractivity contribution is -0.146. The van der Waals surface area contributed by atoms with E-state index in [1.165, 1.54) is 25.9 Å². The van der Waals surface area contributed by atoms with Crippen LogP contribution >= 0.6 is 0 Å². The predicted octanol–water partition coefficient (Wildman–Crippen LogP) is 2.83. The van der Waals surface area contributed by atoms with E-state index in [0.717, 1.165) is 12.8 Å². The number of piperidine rings is 1. The second-order valence-corrected chi connectivity index (χ2v) is 6.37. The minimum Gasteiger partial charge on any atom is -0.375 e. The summed E-state index contributed by atoms with van der Waals surface area (Å²) < 4.78 is 11.9. The van der Waals surface area contributed by atoms with E-state index < -0.39 is 0 Å². The van der Waals surface area contributed by atoms with E-state index in [-0.39, 0.29) is 0 Å². The number of rotatable bonds is 5. The molecule has 106 valence electrons. The second-order valence-electron chi connectivity index (χ2n) is 6.37. The van der Waals surface area contributed by atoms with Crippen molar-refractivity contribution in [1.82, 2.24) is 4.90 Å². The lowest BCUT2D eigenvalue weighted by atomic mass is 9.91. The van der Waals surface area contributed by atoms with Crippen LogP contribution in [0.2, 0.25) is 0 Å². The molecule has 2 fully saturated rings. The van der Waals surface area contributed by atoms with E-state index in [2.05, 4.69) is 32.6 Å². The van der Waals surface area contributed by atoms with Gasteiger partial charge in [-0.05, 0) is 53.4 Å². The minimum absolute atomic E-state index is 0.352. The summed E-state index contributed by atoms with van der Waals surface area (Å²) in [5, 5.41) is 0. The highest BCUT2D eigenvalue weighted by atomic mass is 16.5. The number of nitrogens with zero attached hydrogens (tertiary/aromatic N) is 1. The average molecular weight is 255 g/mol. The molecule has 0 aromatic carbocycles. The molecule has 0 spiro atoms. The maximum absolute atomic E-state index is 6.16. The van der Waals surface area contributed by atoms with Crippen molar-refractivity contribution < 1.29 is 9.47 Å². The van der Waals surface area contributed by atoms with Gasteiger partial charge in [0.15, 0.2) is 0 Å². The van der Waals surface area contributed by atoms with E-state index in [0.29, 0.717) is 30.5 Å². The van der Waals surface area contributed by atoms with Gasteiger partial charge in [-0.2, -0.15) is 0 Å². The van der Waals surface area contributed by atoms with Crippen molar-refractivity contribution in [2.24, 2.45) is 0 Å². The van der Waals surface area contributed by atoms with E-state index in [1.807, 2.05) is 0 Å². The van der Waals surface area contributed by atoms with Gasteiger partial charge in [0.25, 0.3) is 0 Å². The molecular weight excluding hydrogens is 226 g/mol. The van der Waals surface area contributed by atoms with Gasteiger partial charge in [-0.3, -0.25) is 0 Å². The Morgan fingerprint density at radius 1 is 0.889 bits per heavy atom. The van der Waals surface area contributed by atoms with Gasteiger partial charge in [0.1, 0.15) is 0 Å². The zero-order chi connectivity index (χ0) is 13.1. The molecule has 0 amide bonds. The Morgan fingerprint density at radius 3 is 2.00 bits per heavy atom. The van der Waals surface area contributed by atoms with Crippen LogP contribution in [0.1, 0.15) is 53.4 Å². The number of hydrogen-bond acceptors (Lipinski definition) is 3. The monoisotopic (exact) mass is 255 g/mol. The fraction of sp³-hybridized carbons (Fsp3) is 1.00.